The van der Waals surface area contributed by atoms with Gasteiger partial charge in [0, 0.05) is 5.92 Å². The Morgan fingerprint density at radius 2 is 1.38 bits per heavy atom. The summed E-state index contributed by atoms with van der Waals surface area (Å²) in [5.41, 5.74) is 0.194. The number of hydrogen-bond acceptors (Lipinski definition) is 3. The predicted molar refractivity (Wildman–Crippen MR) is 76.1 cm³/mol. The van der Waals surface area contributed by atoms with Crippen LogP contribution < -0.4 is 0 Å². The highest BCUT2D eigenvalue weighted by atomic mass is 32.2. The van der Waals surface area contributed by atoms with E-state index in [-0.39, 0.29) is 20.8 Å². The van der Waals surface area contributed by atoms with E-state index in [9.17, 15) is 4.79 Å². The van der Waals surface area contributed by atoms with E-state index in [2.05, 4.69) is 41.5 Å². The molecular formula is C13H24OS2. The summed E-state index contributed by atoms with van der Waals surface area (Å²) in [6.07, 6.45) is 1.17. The van der Waals surface area contributed by atoms with Gasteiger partial charge in [-0.1, -0.05) is 41.5 Å². The highest BCUT2D eigenvalue weighted by Crippen LogP contribution is 2.75. The number of carbonyl (C=O) groups excluding carboxylic acids is 1. The molecule has 0 aliphatic heterocycles. The number of thioether (sulfide) groups is 2. The maximum atomic E-state index is 11.3. The van der Waals surface area contributed by atoms with Gasteiger partial charge in [-0.05, 0) is 22.3 Å². The third-order valence-electron chi connectivity index (χ3n) is 4.08. The minimum atomic E-state index is 0.0968. The molecule has 3 heteroatoms. The molecule has 0 radical (unpaired) electrons. The van der Waals surface area contributed by atoms with Crippen molar-refractivity contribution in [1.29, 1.82) is 0 Å². The normalized spacial score (nSPS) is 26.1. The van der Waals surface area contributed by atoms with Crippen LogP contribution in [0.15, 0.2) is 0 Å². The summed E-state index contributed by atoms with van der Waals surface area (Å²) >= 11 is 4.05. The molecule has 0 aromatic carbocycles. The van der Waals surface area contributed by atoms with Crippen LogP contribution in [0.1, 0.15) is 41.5 Å². The highest BCUT2D eigenvalue weighted by molar-refractivity contribution is 8.18. The lowest BCUT2D eigenvalue weighted by Crippen LogP contribution is -2.70. The zero-order valence-corrected chi connectivity index (χ0v) is 12.9. The van der Waals surface area contributed by atoms with Crippen LogP contribution in [-0.4, -0.2) is 21.9 Å². The van der Waals surface area contributed by atoms with Crippen LogP contribution in [0.3, 0.4) is 0 Å². The minimum absolute atomic E-state index is 0.0968. The van der Waals surface area contributed by atoms with Gasteiger partial charge in [0.1, 0.15) is 6.29 Å². The molecule has 0 atom stereocenters. The monoisotopic (exact) mass is 260 g/mol. The van der Waals surface area contributed by atoms with Crippen molar-refractivity contribution in [3.05, 3.63) is 0 Å². The Bertz CT molecular complexity index is 247. The molecule has 0 aromatic rings. The van der Waals surface area contributed by atoms with E-state index < -0.39 is 0 Å². The highest BCUT2D eigenvalue weighted by Gasteiger charge is 2.72. The molecule has 0 N–H and O–H groups in total. The molecule has 1 aliphatic carbocycles. The molecule has 94 valence electrons. The molecule has 1 aliphatic rings. The van der Waals surface area contributed by atoms with E-state index in [4.69, 9.17) is 0 Å². The zero-order chi connectivity index (χ0) is 12.6. The van der Waals surface area contributed by atoms with E-state index in [0.717, 1.165) is 11.5 Å². The topological polar surface area (TPSA) is 17.1 Å². The van der Waals surface area contributed by atoms with Gasteiger partial charge in [-0.3, -0.25) is 0 Å². The molecule has 0 spiro atoms. The van der Waals surface area contributed by atoms with Crippen molar-refractivity contribution in [3.63, 3.8) is 0 Å². The first kappa shape index (κ1) is 14.4. The van der Waals surface area contributed by atoms with Gasteiger partial charge < -0.3 is 4.79 Å². The van der Waals surface area contributed by atoms with E-state index in [1.807, 2.05) is 23.5 Å². The van der Waals surface area contributed by atoms with Gasteiger partial charge in [0.05, 0.1) is 4.08 Å². The molecule has 0 bridgehead atoms. The quantitative estimate of drug-likeness (QED) is 0.548. The van der Waals surface area contributed by atoms with Gasteiger partial charge in [-0.2, -0.15) is 0 Å². The molecular weight excluding hydrogens is 236 g/mol. The Hall–Kier alpha value is 0.370. The third-order valence-corrected chi connectivity index (χ3v) is 8.28. The molecule has 0 aromatic heterocycles. The van der Waals surface area contributed by atoms with Gasteiger partial charge in [-0.25, -0.2) is 0 Å². The Kier molecular flexibility index (Phi) is 4.12. The summed E-state index contributed by atoms with van der Waals surface area (Å²) < 4.78 is 0.190. The smallest absolute Gasteiger partial charge is 0.124 e. The van der Waals surface area contributed by atoms with Crippen molar-refractivity contribution in [3.8, 4) is 0 Å². The average Bonchev–Trinajstić information content (AvgIpc) is 2.16. The van der Waals surface area contributed by atoms with E-state index in [0.29, 0.717) is 0 Å². The van der Waals surface area contributed by atoms with Gasteiger partial charge in [-0.15, -0.1) is 23.5 Å². The Morgan fingerprint density at radius 3 is 1.62 bits per heavy atom. The van der Waals surface area contributed by atoms with Crippen molar-refractivity contribution in [2.75, 3.05) is 11.5 Å². The molecule has 1 rings (SSSR count). The van der Waals surface area contributed by atoms with Crippen molar-refractivity contribution >= 4 is 29.8 Å². The third kappa shape index (κ3) is 1.58. The van der Waals surface area contributed by atoms with Gasteiger partial charge >= 0.3 is 0 Å². The van der Waals surface area contributed by atoms with E-state index in [1.165, 1.54) is 6.29 Å². The van der Waals surface area contributed by atoms with Crippen molar-refractivity contribution in [1.82, 2.24) is 0 Å². The molecule has 1 saturated carbocycles. The van der Waals surface area contributed by atoms with Crippen LogP contribution in [0.2, 0.25) is 0 Å². The molecule has 1 fully saturated rings. The maximum absolute atomic E-state index is 11.3. The Labute approximate surface area is 109 Å². The summed E-state index contributed by atoms with van der Waals surface area (Å²) in [6, 6.07) is 0. The largest absolute Gasteiger partial charge is 0.303 e. The Morgan fingerprint density at radius 1 is 1.00 bits per heavy atom. The number of aldehydes is 1. The number of rotatable bonds is 5. The lowest BCUT2D eigenvalue weighted by Gasteiger charge is -2.70. The summed E-state index contributed by atoms with van der Waals surface area (Å²) in [5, 5.41) is 0. The van der Waals surface area contributed by atoms with Crippen molar-refractivity contribution in [2.24, 2.45) is 16.7 Å². The van der Waals surface area contributed by atoms with Crippen LogP contribution in [0, 0.1) is 16.7 Å². The fraction of sp³-hybridized carbons (Fsp3) is 0.923. The summed E-state index contributed by atoms with van der Waals surface area (Å²) in [6.45, 7) is 13.4. The molecule has 16 heavy (non-hydrogen) atoms. The standard InChI is InChI=1S/C13H24OS2/c1-7-15-13(16-8-2)11(3,4)10(9-14)12(13,5)6/h9-10H,7-8H2,1-6H3. The first-order chi connectivity index (χ1) is 7.31. The molecule has 0 unspecified atom stereocenters. The van der Waals surface area contributed by atoms with Crippen LogP contribution in [-0.2, 0) is 4.79 Å². The van der Waals surface area contributed by atoms with Crippen LogP contribution >= 0.6 is 23.5 Å². The summed E-state index contributed by atoms with van der Waals surface area (Å²) in [7, 11) is 0. The fourth-order valence-corrected chi connectivity index (χ4v) is 7.45. The average molecular weight is 260 g/mol. The SMILES string of the molecule is CCSC1(SCC)C(C)(C)C(C=O)C1(C)C. The second-order valence-electron chi connectivity index (χ2n) is 5.54. The lowest BCUT2D eigenvalue weighted by molar-refractivity contribution is -0.137. The van der Waals surface area contributed by atoms with Gasteiger partial charge in [0.15, 0.2) is 0 Å². The summed E-state index contributed by atoms with van der Waals surface area (Å²) in [5.74, 6) is 2.41. The maximum Gasteiger partial charge on any atom is 0.124 e. The summed E-state index contributed by atoms with van der Waals surface area (Å²) in [4.78, 5) is 11.3. The number of hydrogen-bond donors (Lipinski definition) is 0. The molecule has 1 nitrogen and oxygen atoms in total. The second-order valence-corrected chi connectivity index (χ2v) is 8.75. The van der Waals surface area contributed by atoms with Gasteiger partial charge in [0.2, 0.25) is 0 Å². The van der Waals surface area contributed by atoms with Crippen LogP contribution in [0.4, 0.5) is 0 Å². The second kappa shape index (κ2) is 4.56. The first-order valence-corrected chi connectivity index (χ1v) is 8.02. The van der Waals surface area contributed by atoms with Gasteiger partial charge in [0.25, 0.3) is 0 Å². The molecule has 0 heterocycles. The van der Waals surface area contributed by atoms with Crippen molar-refractivity contribution in [2.45, 2.75) is 45.6 Å². The van der Waals surface area contributed by atoms with Crippen LogP contribution in [0.25, 0.3) is 0 Å². The first-order valence-electron chi connectivity index (χ1n) is 6.05. The van der Waals surface area contributed by atoms with Crippen LogP contribution in [0.5, 0.6) is 0 Å². The predicted octanol–water partition coefficient (Wildman–Crippen LogP) is 4.07. The number of carbonyl (C=O) groups is 1. The van der Waals surface area contributed by atoms with Crippen molar-refractivity contribution < 1.29 is 4.79 Å². The molecule has 0 amide bonds. The fourth-order valence-electron chi connectivity index (χ4n) is 3.60. The van der Waals surface area contributed by atoms with E-state index >= 15 is 0 Å². The van der Waals surface area contributed by atoms with E-state index in [1.54, 1.807) is 0 Å². The molecule has 0 saturated heterocycles. The zero-order valence-electron chi connectivity index (χ0n) is 11.3. The minimum Gasteiger partial charge on any atom is -0.303 e. The Balaban J connectivity index is 3.12. The lowest BCUT2D eigenvalue weighted by atomic mass is 9.47.